The normalized spacial score (nSPS) is 12.2. The summed E-state index contributed by atoms with van der Waals surface area (Å²) in [5.74, 6) is 0. The largest absolute Gasteiger partial charge is 0.346 e. The molecule has 10 heavy (non-hydrogen) atoms. The van der Waals surface area contributed by atoms with Gasteiger partial charge in [0.25, 0.3) is 0 Å². The van der Waals surface area contributed by atoms with Crippen molar-refractivity contribution in [2.45, 2.75) is 12.1 Å². The van der Waals surface area contributed by atoms with Crippen LogP contribution in [-0.2, 0) is 0 Å². The number of rotatable bonds is 3. The molecule has 0 heterocycles. The molecule has 0 aliphatic rings. The Morgan fingerprint density at radius 3 is 2.10 bits per heavy atom. The second kappa shape index (κ2) is 3.72. The SMILES string of the molecule is C=C(Br)CC(F)(F)P(O)O. The summed E-state index contributed by atoms with van der Waals surface area (Å²) < 4.78 is 24.5. The summed E-state index contributed by atoms with van der Waals surface area (Å²) in [5.41, 5.74) is -3.45. The van der Waals surface area contributed by atoms with Crippen LogP contribution in [0.5, 0.6) is 0 Å². The molecule has 0 saturated carbocycles. The van der Waals surface area contributed by atoms with E-state index in [0.717, 1.165) is 0 Å². The topological polar surface area (TPSA) is 40.5 Å². The van der Waals surface area contributed by atoms with E-state index in [1.807, 2.05) is 0 Å². The third-order valence-electron chi connectivity index (χ3n) is 0.697. The molecule has 0 atom stereocenters. The summed E-state index contributed by atoms with van der Waals surface area (Å²) in [4.78, 5) is 16.3. The molecule has 2 N–H and O–H groups in total. The molecule has 0 rings (SSSR count). The van der Waals surface area contributed by atoms with Crippen LogP contribution in [0.3, 0.4) is 0 Å². The van der Waals surface area contributed by atoms with E-state index in [-0.39, 0.29) is 4.48 Å². The van der Waals surface area contributed by atoms with E-state index in [9.17, 15) is 8.78 Å². The number of allylic oxidation sites excluding steroid dienone is 1. The summed E-state index contributed by atoms with van der Waals surface area (Å²) in [6.07, 6.45) is -0.744. The van der Waals surface area contributed by atoms with Gasteiger partial charge in [-0.05, 0) is 4.48 Å². The van der Waals surface area contributed by atoms with Crippen molar-refractivity contribution in [2.75, 3.05) is 0 Å². The lowest BCUT2D eigenvalue weighted by atomic mass is 10.4. The highest BCUT2D eigenvalue weighted by atomic mass is 79.9. The predicted octanol–water partition coefficient (Wildman–Crippen LogP) is 2.17. The molecule has 60 valence electrons. The molecule has 0 radical (unpaired) electrons. The third-order valence-corrected chi connectivity index (χ3v) is 1.72. The van der Waals surface area contributed by atoms with Crippen LogP contribution in [0.25, 0.3) is 0 Å². The lowest BCUT2D eigenvalue weighted by molar-refractivity contribution is 0.0781. The van der Waals surface area contributed by atoms with E-state index in [1.54, 1.807) is 0 Å². The summed E-state index contributed by atoms with van der Waals surface area (Å²) in [6, 6.07) is 0. The van der Waals surface area contributed by atoms with Crippen molar-refractivity contribution in [1.29, 1.82) is 0 Å². The zero-order valence-electron chi connectivity index (χ0n) is 4.89. The average molecular weight is 235 g/mol. The molecule has 0 aromatic heterocycles. The highest BCUT2D eigenvalue weighted by Crippen LogP contribution is 2.48. The third kappa shape index (κ3) is 3.56. The molecule has 0 aliphatic heterocycles. The maximum Gasteiger partial charge on any atom is 0.319 e. The lowest BCUT2D eigenvalue weighted by Crippen LogP contribution is -2.12. The Kier molecular flexibility index (Phi) is 3.88. The van der Waals surface area contributed by atoms with E-state index in [4.69, 9.17) is 9.79 Å². The predicted molar refractivity (Wildman–Crippen MR) is 39.0 cm³/mol. The van der Waals surface area contributed by atoms with E-state index in [0.29, 0.717) is 0 Å². The zero-order valence-corrected chi connectivity index (χ0v) is 7.37. The van der Waals surface area contributed by atoms with Gasteiger partial charge in [0, 0.05) is 0 Å². The van der Waals surface area contributed by atoms with Crippen LogP contribution in [-0.4, -0.2) is 15.5 Å². The number of hydrogen-bond donors (Lipinski definition) is 2. The van der Waals surface area contributed by atoms with E-state index >= 15 is 0 Å². The molecule has 6 heteroatoms. The minimum atomic E-state index is -3.45. The number of alkyl halides is 2. The van der Waals surface area contributed by atoms with Crippen molar-refractivity contribution in [1.82, 2.24) is 0 Å². The molecule has 0 spiro atoms. The quantitative estimate of drug-likeness (QED) is 0.736. The van der Waals surface area contributed by atoms with Crippen molar-refractivity contribution < 1.29 is 18.6 Å². The van der Waals surface area contributed by atoms with Crippen LogP contribution in [0.2, 0.25) is 0 Å². The molecular formula is C4H6BrF2O2P. The Hall–Kier alpha value is 0.430. The molecule has 0 aromatic rings. The summed E-state index contributed by atoms with van der Waals surface area (Å²) >= 11 is 2.69. The minimum absolute atomic E-state index is 0.0492. The van der Waals surface area contributed by atoms with Crippen LogP contribution in [0, 0.1) is 0 Å². The van der Waals surface area contributed by atoms with Gasteiger partial charge in [-0.15, -0.1) is 0 Å². The first-order chi connectivity index (χ1) is 4.36. The van der Waals surface area contributed by atoms with E-state index in [2.05, 4.69) is 22.5 Å². The fourth-order valence-electron chi connectivity index (χ4n) is 0.301. The van der Waals surface area contributed by atoms with E-state index < -0.39 is 20.5 Å². The monoisotopic (exact) mass is 234 g/mol. The first kappa shape index (κ1) is 10.4. The summed E-state index contributed by atoms with van der Waals surface area (Å²) in [7, 11) is -3.20. The van der Waals surface area contributed by atoms with Crippen LogP contribution in [0.1, 0.15) is 6.42 Å². The second-order valence-electron chi connectivity index (χ2n) is 1.65. The second-order valence-corrected chi connectivity index (χ2v) is 4.00. The maximum absolute atomic E-state index is 12.2. The standard InChI is InChI=1S/C4H6BrF2O2P/c1-3(5)2-4(6,7)10(8)9/h8-9H,1-2H2. The van der Waals surface area contributed by atoms with Crippen molar-refractivity contribution in [3.63, 3.8) is 0 Å². The van der Waals surface area contributed by atoms with Crippen molar-refractivity contribution in [3.8, 4) is 0 Å². The van der Waals surface area contributed by atoms with Gasteiger partial charge < -0.3 is 9.79 Å². The van der Waals surface area contributed by atoms with Gasteiger partial charge in [-0.1, -0.05) is 22.5 Å². The Morgan fingerprint density at radius 1 is 1.60 bits per heavy atom. The molecule has 0 amide bonds. The number of halogens is 3. The van der Waals surface area contributed by atoms with Crippen LogP contribution in [0.4, 0.5) is 8.78 Å². The van der Waals surface area contributed by atoms with Gasteiger partial charge in [-0.2, -0.15) is 8.78 Å². The highest BCUT2D eigenvalue weighted by molar-refractivity contribution is 9.11. The first-order valence-corrected chi connectivity index (χ1v) is 4.29. The molecule has 0 aromatic carbocycles. The maximum atomic E-state index is 12.2. The molecule has 0 bridgehead atoms. The Morgan fingerprint density at radius 2 is 2.00 bits per heavy atom. The molecular weight excluding hydrogens is 229 g/mol. The van der Waals surface area contributed by atoms with Crippen molar-refractivity contribution in [3.05, 3.63) is 11.1 Å². The first-order valence-electron chi connectivity index (χ1n) is 2.25. The van der Waals surface area contributed by atoms with Gasteiger partial charge in [0.1, 0.15) is 0 Å². The van der Waals surface area contributed by atoms with Gasteiger partial charge in [0.2, 0.25) is 8.38 Å². The van der Waals surface area contributed by atoms with E-state index in [1.165, 1.54) is 0 Å². The smallest absolute Gasteiger partial charge is 0.319 e. The number of hydrogen-bond acceptors (Lipinski definition) is 2. The van der Waals surface area contributed by atoms with Gasteiger partial charge in [0.15, 0.2) is 0 Å². The lowest BCUT2D eigenvalue weighted by Gasteiger charge is -2.15. The molecule has 0 saturated heterocycles. The van der Waals surface area contributed by atoms with Gasteiger partial charge in [0.05, 0.1) is 6.42 Å². The molecule has 0 fully saturated rings. The molecule has 2 nitrogen and oxygen atoms in total. The van der Waals surface area contributed by atoms with Gasteiger partial charge >= 0.3 is 5.66 Å². The van der Waals surface area contributed by atoms with Crippen LogP contribution in [0.15, 0.2) is 11.1 Å². The minimum Gasteiger partial charge on any atom is -0.346 e. The van der Waals surface area contributed by atoms with Crippen molar-refractivity contribution >= 4 is 24.3 Å². The fraction of sp³-hybridized carbons (Fsp3) is 0.500. The summed E-state index contributed by atoms with van der Waals surface area (Å²) in [5, 5.41) is 0. The Labute approximate surface area is 66.6 Å². The zero-order chi connectivity index (χ0) is 8.36. The van der Waals surface area contributed by atoms with Gasteiger partial charge in [-0.3, -0.25) is 0 Å². The van der Waals surface area contributed by atoms with Crippen LogP contribution < -0.4 is 0 Å². The van der Waals surface area contributed by atoms with Crippen molar-refractivity contribution in [2.24, 2.45) is 0 Å². The van der Waals surface area contributed by atoms with Crippen LogP contribution >= 0.6 is 24.3 Å². The highest BCUT2D eigenvalue weighted by Gasteiger charge is 2.38. The Bertz CT molecular complexity index is 139. The summed E-state index contributed by atoms with van der Waals surface area (Å²) in [6.45, 7) is 3.15. The fourth-order valence-corrected chi connectivity index (χ4v) is 1.20. The molecule has 0 unspecified atom stereocenters. The van der Waals surface area contributed by atoms with Gasteiger partial charge in [-0.25, -0.2) is 0 Å². The Balaban J connectivity index is 3.99. The average Bonchev–Trinajstić information content (AvgIpc) is 1.60. The molecule has 0 aliphatic carbocycles.